The summed E-state index contributed by atoms with van der Waals surface area (Å²) in [5, 5.41) is 13.7. The van der Waals surface area contributed by atoms with E-state index in [1.807, 2.05) is 6.08 Å². The molecule has 2 atom stereocenters. The van der Waals surface area contributed by atoms with Crippen LogP contribution in [0.1, 0.15) is 45.1 Å². The number of esters is 1. The van der Waals surface area contributed by atoms with Crippen LogP contribution in [0.25, 0.3) is 5.57 Å². The van der Waals surface area contributed by atoms with Gasteiger partial charge in [0.25, 0.3) is 5.91 Å². The Morgan fingerprint density at radius 1 is 1.34 bits per heavy atom. The number of ether oxygens (including phenoxy) is 1. The highest BCUT2D eigenvalue weighted by molar-refractivity contribution is 7.91. The molecule has 1 aromatic carbocycles. The molecule has 4 N–H and O–H groups in total. The lowest BCUT2D eigenvalue weighted by Crippen LogP contribution is -2.41. The predicted molar refractivity (Wildman–Crippen MR) is 127 cm³/mol. The van der Waals surface area contributed by atoms with Crippen LogP contribution in [0.3, 0.4) is 0 Å². The van der Waals surface area contributed by atoms with E-state index >= 15 is 4.39 Å². The number of aromatic hydroxyl groups is 1. The molecule has 1 aliphatic carbocycles. The van der Waals surface area contributed by atoms with Crippen molar-refractivity contribution in [1.82, 2.24) is 9.62 Å². The van der Waals surface area contributed by atoms with Crippen LogP contribution in [-0.2, 0) is 24.5 Å². The number of carbonyl (C=O) groups excluding carboxylic acids is 2. The van der Waals surface area contributed by atoms with Crippen LogP contribution >= 0.6 is 0 Å². The second-order valence-electron chi connectivity index (χ2n) is 9.63. The first-order chi connectivity index (χ1) is 16.5. The number of carbonyl (C=O) groups is 2. The molecule has 2 unspecified atom stereocenters. The van der Waals surface area contributed by atoms with Crippen LogP contribution in [0.15, 0.2) is 18.2 Å². The summed E-state index contributed by atoms with van der Waals surface area (Å²) in [4.78, 5) is 24.5. The minimum absolute atomic E-state index is 0.103. The van der Waals surface area contributed by atoms with E-state index in [1.54, 1.807) is 13.8 Å². The van der Waals surface area contributed by atoms with Crippen molar-refractivity contribution in [1.29, 1.82) is 0 Å². The van der Waals surface area contributed by atoms with Gasteiger partial charge in [-0.25, -0.2) is 8.70 Å². The van der Waals surface area contributed by atoms with Crippen LogP contribution in [0.5, 0.6) is 5.75 Å². The summed E-state index contributed by atoms with van der Waals surface area (Å²) < 4.78 is 47.5. The van der Waals surface area contributed by atoms with Gasteiger partial charge in [-0.3, -0.25) is 9.59 Å². The molecular weight excluding hydrogens is 479 g/mol. The van der Waals surface area contributed by atoms with Crippen molar-refractivity contribution >= 4 is 33.3 Å². The monoisotopic (exact) mass is 510 g/mol. The molecule has 192 valence electrons. The molecule has 0 aromatic heterocycles. The number of anilines is 1. The van der Waals surface area contributed by atoms with Gasteiger partial charge in [0.05, 0.1) is 0 Å². The predicted octanol–water partition coefficient (Wildman–Crippen LogP) is 1.45. The summed E-state index contributed by atoms with van der Waals surface area (Å²) >= 11 is 0. The third kappa shape index (κ3) is 4.87. The van der Waals surface area contributed by atoms with E-state index in [1.165, 1.54) is 31.4 Å². The van der Waals surface area contributed by atoms with E-state index in [-0.39, 0.29) is 17.5 Å². The Labute approximate surface area is 204 Å². The number of nitrogens with one attached hydrogen (secondary N) is 1. The van der Waals surface area contributed by atoms with Crippen molar-refractivity contribution in [3.63, 3.8) is 0 Å². The second kappa shape index (κ2) is 9.75. The Morgan fingerprint density at radius 3 is 2.69 bits per heavy atom. The van der Waals surface area contributed by atoms with E-state index in [0.717, 1.165) is 6.42 Å². The summed E-state index contributed by atoms with van der Waals surface area (Å²) in [5.74, 6) is -2.97. The molecule has 0 spiro atoms. The highest BCUT2D eigenvalue weighted by Gasteiger charge is 2.46. The summed E-state index contributed by atoms with van der Waals surface area (Å²) in [6.45, 7) is 2.15. The van der Waals surface area contributed by atoms with Crippen molar-refractivity contribution in [2.75, 3.05) is 24.1 Å². The van der Waals surface area contributed by atoms with Crippen LogP contribution in [-0.4, -0.2) is 61.6 Å². The molecule has 12 heteroatoms. The highest BCUT2D eigenvalue weighted by atomic mass is 32.2. The molecule has 1 saturated carbocycles. The van der Waals surface area contributed by atoms with Crippen LogP contribution < -0.4 is 15.4 Å². The summed E-state index contributed by atoms with van der Waals surface area (Å²) in [7, 11) is -4.62. The maximum atomic E-state index is 15.6. The Kier molecular flexibility index (Phi) is 7.07. The fourth-order valence-corrected chi connectivity index (χ4v) is 5.84. The largest absolute Gasteiger partial charge is 0.506 e. The second-order valence-corrected chi connectivity index (χ2v) is 11.4. The average Bonchev–Trinajstić information content (AvgIpc) is 3.31. The number of benzene rings is 1. The zero-order chi connectivity index (χ0) is 25.5. The van der Waals surface area contributed by atoms with Crippen LogP contribution in [0.4, 0.5) is 10.1 Å². The van der Waals surface area contributed by atoms with Crippen molar-refractivity contribution in [3.8, 4) is 5.75 Å². The first-order valence-corrected chi connectivity index (χ1v) is 13.1. The van der Waals surface area contributed by atoms with E-state index in [9.17, 15) is 23.1 Å². The lowest BCUT2D eigenvalue weighted by Gasteiger charge is -2.27. The summed E-state index contributed by atoms with van der Waals surface area (Å²) in [6, 6.07) is 1.71. The van der Waals surface area contributed by atoms with Crippen molar-refractivity contribution in [3.05, 3.63) is 29.6 Å². The lowest BCUT2D eigenvalue weighted by atomic mass is 9.81. The van der Waals surface area contributed by atoms with Gasteiger partial charge in [0.2, 0.25) is 0 Å². The van der Waals surface area contributed by atoms with Crippen molar-refractivity contribution in [2.45, 2.75) is 51.6 Å². The maximum absolute atomic E-state index is 15.6. The molecule has 1 amide bonds. The van der Waals surface area contributed by atoms with Gasteiger partial charge < -0.3 is 20.9 Å². The van der Waals surface area contributed by atoms with Crippen LogP contribution in [0.2, 0.25) is 0 Å². The Hall–Kier alpha value is -2.70. The fourth-order valence-electron chi connectivity index (χ4n) is 4.42. The van der Waals surface area contributed by atoms with E-state index in [4.69, 9.17) is 10.5 Å². The quantitative estimate of drug-likeness (QED) is 0.446. The summed E-state index contributed by atoms with van der Waals surface area (Å²) in [6.07, 6.45) is 6.50. The van der Waals surface area contributed by atoms with Gasteiger partial charge in [-0.2, -0.15) is 12.7 Å². The third-order valence-corrected chi connectivity index (χ3v) is 8.62. The zero-order valence-electron chi connectivity index (χ0n) is 19.7. The molecular formula is C23H31FN4O6S. The van der Waals surface area contributed by atoms with E-state index in [2.05, 4.69) is 5.32 Å². The third-order valence-electron chi connectivity index (χ3n) is 6.89. The van der Waals surface area contributed by atoms with Crippen LogP contribution in [0, 0.1) is 17.7 Å². The maximum Gasteiger partial charge on any atom is 0.332 e. The number of phenols is 1. The number of hydrogen-bond donors (Lipinski definition) is 3. The zero-order valence-corrected chi connectivity index (χ0v) is 20.6. The van der Waals surface area contributed by atoms with Gasteiger partial charge in [-0.05, 0) is 36.0 Å². The van der Waals surface area contributed by atoms with E-state index < -0.39 is 58.7 Å². The van der Waals surface area contributed by atoms with Gasteiger partial charge in [-0.15, -0.1) is 0 Å². The minimum atomic E-state index is -4.62. The van der Waals surface area contributed by atoms with E-state index in [0.29, 0.717) is 26.6 Å². The SMILES string of the molecule is CC(C)C(N)C(=O)OCN1C(=O)CN(c2c(O)ccc(C3=CC(CC4CCC4)NC3)c2F)S1(=O)=O. The molecule has 2 aliphatic heterocycles. The fraction of sp³-hybridized carbons (Fsp3) is 0.565. The molecule has 3 aliphatic rings. The Morgan fingerprint density at radius 2 is 2.06 bits per heavy atom. The number of hydrogen-bond acceptors (Lipinski definition) is 8. The Bertz CT molecular complexity index is 1150. The lowest BCUT2D eigenvalue weighted by molar-refractivity contribution is -0.150. The normalized spacial score (nSPS) is 22.9. The highest BCUT2D eigenvalue weighted by Crippen LogP contribution is 2.40. The summed E-state index contributed by atoms with van der Waals surface area (Å²) in [5.41, 5.74) is 5.89. The molecule has 1 saturated heterocycles. The molecule has 35 heavy (non-hydrogen) atoms. The molecule has 10 nitrogen and oxygen atoms in total. The Balaban J connectivity index is 1.56. The number of nitrogens with two attached hydrogens (primary N) is 1. The van der Waals surface area contributed by atoms with Crippen molar-refractivity contribution in [2.24, 2.45) is 17.6 Å². The van der Waals surface area contributed by atoms with Gasteiger partial charge in [0.15, 0.2) is 12.5 Å². The topological polar surface area (TPSA) is 142 Å². The van der Waals surface area contributed by atoms with Gasteiger partial charge in [0.1, 0.15) is 24.0 Å². The first-order valence-electron chi connectivity index (χ1n) is 11.7. The minimum Gasteiger partial charge on any atom is -0.506 e. The number of amides is 1. The van der Waals surface area contributed by atoms with Gasteiger partial charge in [0, 0.05) is 18.2 Å². The number of nitrogens with zero attached hydrogens (tertiary/aromatic N) is 2. The number of halogens is 1. The van der Waals surface area contributed by atoms with Crippen molar-refractivity contribution < 1.29 is 32.2 Å². The number of rotatable bonds is 8. The van der Waals surface area contributed by atoms with Gasteiger partial charge in [-0.1, -0.05) is 39.2 Å². The molecule has 1 aromatic rings. The smallest absolute Gasteiger partial charge is 0.332 e. The molecule has 2 heterocycles. The number of phenolic OH excluding ortho intramolecular Hbond substituents is 1. The molecule has 2 fully saturated rings. The first kappa shape index (κ1) is 25.4. The molecule has 0 bridgehead atoms. The standard InChI is InChI=1S/C23H31FN4O6S/c1-13(2)21(25)23(31)34-12-28-19(30)11-27(35(28,32)33)22-18(29)7-6-17(20(22)24)15-9-16(26-10-15)8-14-4-3-5-14/h6-7,9,13-14,16,21,26,29H,3-5,8,10-12,25H2,1-2H3. The molecule has 0 radical (unpaired) electrons. The average molecular weight is 511 g/mol. The molecule has 4 rings (SSSR count). The van der Waals surface area contributed by atoms with Gasteiger partial charge >= 0.3 is 16.2 Å².